The van der Waals surface area contributed by atoms with Crippen molar-refractivity contribution in [2.24, 2.45) is 17.5 Å². The second-order valence-electron chi connectivity index (χ2n) is 11.1. The van der Waals surface area contributed by atoms with E-state index < -0.39 is 0 Å². The van der Waals surface area contributed by atoms with Gasteiger partial charge in [0, 0.05) is 55.5 Å². The molecule has 1 aliphatic carbocycles. The zero-order valence-electron chi connectivity index (χ0n) is 20.8. The summed E-state index contributed by atoms with van der Waals surface area (Å²) in [7, 11) is 1.79. The predicted molar refractivity (Wildman–Crippen MR) is 140 cm³/mol. The van der Waals surface area contributed by atoms with Gasteiger partial charge in [-0.05, 0) is 70.3 Å². The van der Waals surface area contributed by atoms with E-state index in [2.05, 4.69) is 48.9 Å². The van der Waals surface area contributed by atoms with Gasteiger partial charge in [0.05, 0.1) is 5.69 Å². The van der Waals surface area contributed by atoms with E-state index in [0.29, 0.717) is 0 Å². The number of carbonyl (C=O) groups is 1. The molecule has 0 spiro atoms. The summed E-state index contributed by atoms with van der Waals surface area (Å²) < 4.78 is 1.63. The van der Waals surface area contributed by atoms with Gasteiger partial charge in [-0.1, -0.05) is 39.0 Å². The van der Waals surface area contributed by atoms with Crippen molar-refractivity contribution in [2.75, 3.05) is 6.54 Å². The van der Waals surface area contributed by atoms with Gasteiger partial charge in [0.25, 0.3) is 5.91 Å². The molecule has 2 aromatic carbocycles. The SMILES string of the molecule is Cn1cc(-c2ccc3c(c2)[C@]2(C)CCN(C(=O)c4ccc5c(c4)CC=N5)[C@H](C3)C2(C)C)ccc1=O. The summed E-state index contributed by atoms with van der Waals surface area (Å²) in [5.41, 5.74) is 7.63. The number of rotatable bonds is 2. The van der Waals surface area contributed by atoms with Gasteiger partial charge in [0.2, 0.25) is 5.56 Å². The molecule has 3 heterocycles. The first-order valence-corrected chi connectivity index (χ1v) is 12.5. The van der Waals surface area contributed by atoms with E-state index in [-0.39, 0.29) is 28.3 Å². The highest BCUT2D eigenvalue weighted by Crippen LogP contribution is 2.56. The lowest BCUT2D eigenvalue weighted by Crippen LogP contribution is -2.64. The van der Waals surface area contributed by atoms with Crippen LogP contribution in [-0.2, 0) is 25.3 Å². The number of benzene rings is 2. The first-order chi connectivity index (χ1) is 16.7. The van der Waals surface area contributed by atoms with Crippen LogP contribution in [0.1, 0.15) is 54.2 Å². The van der Waals surface area contributed by atoms with E-state index in [4.69, 9.17) is 0 Å². The van der Waals surface area contributed by atoms with Crippen LogP contribution in [0.3, 0.4) is 0 Å². The van der Waals surface area contributed by atoms with Gasteiger partial charge in [-0.25, -0.2) is 0 Å². The molecule has 3 aromatic rings. The normalized spacial score (nSPS) is 23.7. The van der Waals surface area contributed by atoms with Crippen LogP contribution in [0.2, 0.25) is 0 Å². The van der Waals surface area contributed by atoms with Crippen LogP contribution >= 0.6 is 0 Å². The van der Waals surface area contributed by atoms with E-state index in [1.54, 1.807) is 17.7 Å². The summed E-state index contributed by atoms with van der Waals surface area (Å²) in [5.74, 6) is 0.130. The fraction of sp³-hybridized carbons (Fsp3) is 0.367. The average molecular weight is 466 g/mol. The Balaban J connectivity index is 1.38. The second-order valence-corrected chi connectivity index (χ2v) is 11.1. The van der Waals surface area contributed by atoms with Crippen molar-refractivity contribution in [2.45, 2.75) is 51.5 Å². The maximum Gasteiger partial charge on any atom is 0.254 e. The van der Waals surface area contributed by atoms with Crippen molar-refractivity contribution < 1.29 is 4.79 Å². The van der Waals surface area contributed by atoms with Gasteiger partial charge in [-0.2, -0.15) is 0 Å². The smallest absolute Gasteiger partial charge is 0.254 e. The number of aliphatic imine (C=N–C) groups is 1. The molecule has 5 nitrogen and oxygen atoms in total. The van der Waals surface area contributed by atoms with Gasteiger partial charge in [-0.15, -0.1) is 0 Å². The molecule has 1 amide bonds. The number of amides is 1. The molecular weight excluding hydrogens is 434 g/mol. The molecule has 1 fully saturated rings. The number of pyridine rings is 1. The van der Waals surface area contributed by atoms with E-state index >= 15 is 0 Å². The van der Waals surface area contributed by atoms with Crippen molar-refractivity contribution in [3.8, 4) is 11.1 Å². The number of piperidine rings is 1. The fourth-order valence-electron chi connectivity index (χ4n) is 6.51. The van der Waals surface area contributed by atoms with Crippen LogP contribution in [0.4, 0.5) is 5.69 Å². The Bertz CT molecular complexity index is 1460. The third kappa shape index (κ3) is 3.17. The van der Waals surface area contributed by atoms with Gasteiger partial charge < -0.3 is 9.47 Å². The number of aryl methyl sites for hydroxylation is 1. The van der Waals surface area contributed by atoms with Crippen LogP contribution in [0.5, 0.6) is 0 Å². The molecule has 2 atom stereocenters. The number of aromatic nitrogens is 1. The molecule has 3 aliphatic rings. The summed E-state index contributed by atoms with van der Waals surface area (Å²) in [4.78, 5) is 32.2. The molecule has 0 saturated carbocycles. The molecule has 35 heavy (non-hydrogen) atoms. The maximum absolute atomic E-state index is 13.8. The van der Waals surface area contributed by atoms with Gasteiger partial charge in [0.1, 0.15) is 0 Å². The van der Waals surface area contributed by atoms with E-state index in [1.807, 2.05) is 36.7 Å². The number of carbonyl (C=O) groups excluding carboxylic acids is 1. The molecule has 1 saturated heterocycles. The number of nitrogens with zero attached hydrogens (tertiary/aromatic N) is 3. The Morgan fingerprint density at radius 3 is 2.60 bits per heavy atom. The molecule has 1 aromatic heterocycles. The number of likely N-dealkylation sites (tertiary alicyclic amines) is 1. The predicted octanol–water partition coefficient (Wildman–Crippen LogP) is 5.07. The minimum Gasteiger partial charge on any atom is -0.335 e. The second kappa shape index (κ2) is 7.51. The highest BCUT2D eigenvalue weighted by atomic mass is 16.2. The largest absolute Gasteiger partial charge is 0.335 e. The van der Waals surface area contributed by atoms with Crippen LogP contribution in [0, 0.1) is 5.41 Å². The summed E-state index contributed by atoms with van der Waals surface area (Å²) in [5, 5.41) is 0. The summed E-state index contributed by atoms with van der Waals surface area (Å²) in [6, 6.07) is 16.3. The minimum absolute atomic E-state index is 0.00409. The van der Waals surface area contributed by atoms with Crippen LogP contribution in [0.15, 0.2) is 64.5 Å². The molecule has 0 unspecified atom stereocenters. The first kappa shape index (κ1) is 22.0. The van der Waals surface area contributed by atoms with Crippen LogP contribution in [0.25, 0.3) is 11.1 Å². The Kier molecular flexibility index (Phi) is 4.73. The van der Waals surface area contributed by atoms with Crippen molar-refractivity contribution in [3.05, 3.63) is 87.3 Å². The van der Waals surface area contributed by atoms with Crippen molar-refractivity contribution >= 4 is 17.8 Å². The van der Waals surface area contributed by atoms with Gasteiger partial charge in [-0.3, -0.25) is 14.6 Å². The lowest BCUT2D eigenvalue weighted by atomic mass is 9.51. The summed E-state index contributed by atoms with van der Waals surface area (Å²) >= 11 is 0. The molecular formula is C30H31N3O2. The van der Waals surface area contributed by atoms with Crippen LogP contribution in [-0.4, -0.2) is 34.2 Å². The monoisotopic (exact) mass is 465 g/mol. The number of fused-ring (bicyclic) bond motifs is 5. The number of hydrogen-bond acceptors (Lipinski definition) is 3. The molecule has 2 bridgehead atoms. The first-order valence-electron chi connectivity index (χ1n) is 12.5. The lowest BCUT2D eigenvalue weighted by Gasteiger charge is -2.61. The maximum atomic E-state index is 13.8. The van der Waals surface area contributed by atoms with Crippen molar-refractivity contribution in [1.29, 1.82) is 0 Å². The Morgan fingerprint density at radius 2 is 1.80 bits per heavy atom. The van der Waals surface area contributed by atoms with Gasteiger partial charge >= 0.3 is 0 Å². The summed E-state index contributed by atoms with van der Waals surface area (Å²) in [6.45, 7) is 7.78. The molecule has 2 aliphatic heterocycles. The highest BCUT2D eigenvalue weighted by Gasteiger charge is 2.56. The van der Waals surface area contributed by atoms with E-state index in [0.717, 1.165) is 53.7 Å². The minimum atomic E-state index is -0.0874. The highest BCUT2D eigenvalue weighted by molar-refractivity contribution is 5.96. The van der Waals surface area contributed by atoms with Crippen molar-refractivity contribution in [1.82, 2.24) is 9.47 Å². The third-order valence-electron chi connectivity index (χ3n) is 9.15. The van der Waals surface area contributed by atoms with Gasteiger partial charge in [0.15, 0.2) is 0 Å². The zero-order valence-corrected chi connectivity index (χ0v) is 20.8. The third-order valence-corrected chi connectivity index (χ3v) is 9.15. The Hall–Kier alpha value is -3.47. The van der Waals surface area contributed by atoms with Crippen molar-refractivity contribution in [3.63, 3.8) is 0 Å². The topological polar surface area (TPSA) is 54.7 Å². The lowest BCUT2D eigenvalue weighted by molar-refractivity contribution is -0.0261. The van der Waals surface area contributed by atoms with Crippen LogP contribution < -0.4 is 5.56 Å². The molecule has 6 rings (SSSR count). The van der Waals surface area contributed by atoms with E-state index in [1.165, 1.54) is 11.1 Å². The van der Waals surface area contributed by atoms with E-state index in [9.17, 15) is 9.59 Å². The fourth-order valence-corrected chi connectivity index (χ4v) is 6.51. The molecule has 0 radical (unpaired) electrons. The Morgan fingerprint density at radius 1 is 1.00 bits per heavy atom. The Labute approximate surface area is 206 Å². The standard InChI is InChI=1S/C30H31N3O2/c1-29(2)26-17-20-6-5-19(23-8-10-27(34)32(4)18-23)16-24(20)30(29,3)12-14-33(26)28(35)22-7-9-25-21(15-22)11-13-31-25/h5-10,13,15-16,18,26H,11-12,14,17H2,1-4H3/t26-,30+/m1/s1. The summed E-state index contributed by atoms with van der Waals surface area (Å²) in [6.07, 6.45) is 6.39. The quantitative estimate of drug-likeness (QED) is 0.531. The number of hydrogen-bond donors (Lipinski definition) is 0. The average Bonchev–Trinajstić information content (AvgIpc) is 3.31. The molecule has 0 N–H and O–H groups in total. The molecule has 178 valence electrons. The zero-order chi connectivity index (χ0) is 24.5. The molecule has 5 heteroatoms.